The van der Waals surface area contributed by atoms with Gasteiger partial charge in [0.25, 0.3) is 11.8 Å². The summed E-state index contributed by atoms with van der Waals surface area (Å²) in [4.78, 5) is 71.1. The lowest BCUT2D eigenvalue weighted by atomic mass is 10.1. The van der Waals surface area contributed by atoms with Crippen molar-refractivity contribution in [3.63, 3.8) is 0 Å². The van der Waals surface area contributed by atoms with Gasteiger partial charge < -0.3 is 27.0 Å². The summed E-state index contributed by atoms with van der Waals surface area (Å²) < 4.78 is 0. The van der Waals surface area contributed by atoms with Crippen LogP contribution in [0.2, 0.25) is 0 Å². The Kier molecular flexibility index (Phi) is 18.1. The van der Waals surface area contributed by atoms with Gasteiger partial charge in [0.1, 0.15) is 6.04 Å². The van der Waals surface area contributed by atoms with Gasteiger partial charge >= 0.3 is 0 Å². The zero-order chi connectivity index (χ0) is 31.4. The minimum absolute atomic E-state index is 0.0131. The van der Waals surface area contributed by atoms with E-state index < -0.39 is 47.9 Å². The van der Waals surface area contributed by atoms with Crippen LogP contribution in [0.5, 0.6) is 0 Å². The molecule has 6 N–H and O–H groups in total. The zero-order valence-electron chi connectivity index (χ0n) is 24.7. The number of hydrogen-bond donors (Lipinski definition) is 5. The van der Waals surface area contributed by atoms with Crippen LogP contribution in [0.25, 0.3) is 0 Å². The molecule has 11 nitrogen and oxygen atoms in total. The lowest BCUT2D eigenvalue weighted by Crippen LogP contribution is -2.49. The number of Topliss-reactive ketones (excluding diaryl/α,β-unsaturated/α-hetero) is 1. The Morgan fingerprint density at radius 3 is 1.88 bits per heavy atom. The molecule has 0 heterocycles. The first-order valence-corrected chi connectivity index (χ1v) is 13.4. The molecule has 5 amide bonds. The number of amides is 5. The molecule has 1 atom stereocenters. The highest BCUT2D eigenvalue weighted by Crippen LogP contribution is 2.04. The van der Waals surface area contributed by atoms with E-state index in [1.54, 1.807) is 42.5 Å². The summed E-state index contributed by atoms with van der Waals surface area (Å²) in [6.07, 6.45) is 1.25. The molecule has 2 rings (SSSR count). The van der Waals surface area contributed by atoms with E-state index >= 15 is 0 Å². The van der Waals surface area contributed by atoms with Crippen molar-refractivity contribution in [1.82, 2.24) is 21.3 Å². The number of nitrogens with two attached hydrogens (primary N) is 1. The van der Waals surface area contributed by atoms with Crippen molar-refractivity contribution in [3.8, 4) is 0 Å². The average Bonchev–Trinajstić information content (AvgIpc) is 2.93. The Morgan fingerprint density at radius 2 is 1.32 bits per heavy atom. The second-order valence-electron chi connectivity index (χ2n) is 9.67. The van der Waals surface area contributed by atoms with Gasteiger partial charge in [0, 0.05) is 17.7 Å². The molecule has 0 aromatic heterocycles. The molecule has 41 heavy (non-hydrogen) atoms. The minimum atomic E-state index is -1.01. The van der Waals surface area contributed by atoms with Crippen LogP contribution in [-0.4, -0.2) is 54.5 Å². The second-order valence-corrected chi connectivity index (χ2v) is 9.67. The smallest absolute Gasteiger partial charge is 0.289 e. The molecule has 0 bridgehead atoms. The lowest BCUT2D eigenvalue weighted by Gasteiger charge is -2.14. The van der Waals surface area contributed by atoms with E-state index in [1.807, 2.05) is 0 Å². The molecule has 0 aliphatic carbocycles. The summed E-state index contributed by atoms with van der Waals surface area (Å²) in [5, 5.41) is 9.47. The predicted molar refractivity (Wildman–Crippen MR) is 158 cm³/mol. The number of nitrogens with one attached hydrogen (secondary N) is 4. The van der Waals surface area contributed by atoms with Gasteiger partial charge in [-0.05, 0) is 42.7 Å². The molecule has 0 radical (unpaired) electrons. The molecular weight excluding hydrogens is 526 g/mol. The number of carbonyl (C=O) groups excluding carboxylic acids is 6. The molecule has 0 spiro atoms. The lowest BCUT2D eigenvalue weighted by molar-refractivity contribution is -0.138. The Morgan fingerprint density at radius 1 is 0.756 bits per heavy atom. The number of hydrogen-bond acceptors (Lipinski definition) is 6. The maximum Gasteiger partial charge on any atom is 0.289 e. The first kappa shape index (κ1) is 36.5. The topological polar surface area (TPSA) is 177 Å². The molecule has 11 heteroatoms. The van der Waals surface area contributed by atoms with Gasteiger partial charge in [-0.3, -0.25) is 28.8 Å². The summed E-state index contributed by atoms with van der Waals surface area (Å²) in [5.74, 6) is -3.33. The highest BCUT2D eigenvalue weighted by atomic mass is 16.2. The third-order valence-electron chi connectivity index (χ3n) is 4.56. The molecule has 0 saturated carbocycles. The highest BCUT2D eigenvalue weighted by Gasteiger charge is 2.19. The summed E-state index contributed by atoms with van der Waals surface area (Å²) in [6, 6.07) is 13.5. The largest absolute Gasteiger partial charge is 0.366 e. The van der Waals surface area contributed by atoms with E-state index in [0.29, 0.717) is 11.1 Å². The number of carbonyl (C=O) groups is 6. The van der Waals surface area contributed by atoms with E-state index in [1.165, 1.54) is 25.5 Å². The maximum absolute atomic E-state index is 12.1. The maximum atomic E-state index is 12.1. The van der Waals surface area contributed by atoms with Gasteiger partial charge in [0.05, 0.1) is 13.1 Å². The van der Waals surface area contributed by atoms with E-state index in [0.717, 1.165) is 5.92 Å². The van der Waals surface area contributed by atoms with Crippen LogP contribution in [0, 0.1) is 5.92 Å². The number of ketones is 1. The predicted octanol–water partition coefficient (Wildman–Crippen LogP) is 2.10. The number of rotatable bonds is 11. The van der Waals surface area contributed by atoms with Gasteiger partial charge in [-0.25, -0.2) is 0 Å². The average molecular weight is 570 g/mol. The first-order chi connectivity index (χ1) is 19.3. The fraction of sp³-hybridized carbons (Fsp3) is 0.400. The van der Waals surface area contributed by atoms with Crippen molar-refractivity contribution in [2.75, 3.05) is 13.1 Å². The van der Waals surface area contributed by atoms with Crippen LogP contribution in [0.4, 0.5) is 0 Å². The molecule has 0 fully saturated rings. The van der Waals surface area contributed by atoms with Gasteiger partial charge in [-0.2, -0.15) is 0 Å². The van der Waals surface area contributed by atoms with Crippen LogP contribution in [0.1, 0.15) is 74.2 Å². The molecular formula is C30H43N5O6. The van der Waals surface area contributed by atoms with Gasteiger partial charge in [0.2, 0.25) is 23.5 Å². The number of primary amides is 1. The van der Waals surface area contributed by atoms with Crippen molar-refractivity contribution in [2.45, 2.75) is 60.5 Å². The Balaban J connectivity index is 0.00000205. The normalized spacial score (nSPS) is 10.4. The standard InChI is InChI=1S/C23H25N5O6.C4H10.C3H8/c1-14(28-19(30)13-27-22(33)16-7-3-2-4-8-16)21(32)26-12-18(29)23(34)25-11-15-6-5-9-17(10-15)20(24)31;1-4(2)3;1-3-2/h2-10,14H,11-13H2,1H3,(H2,24,31)(H,25,34)(H,26,32)(H,27,33)(H,28,30);4H,1-3H3;3H2,1-2H3/t14-;;/m0../s1. The van der Waals surface area contributed by atoms with Crippen molar-refractivity contribution in [2.24, 2.45) is 11.7 Å². The molecule has 2 aromatic rings. The van der Waals surface area contributed by atoms with Crippen molar-refractivity contribution in [3.05, 3.63) is 71.3 Å². The molecule has 0 aliphatic rings. The second kappa shape index (κ2) is 20.4. The molecule has 224 valence electrons. The summed E-state index contributed by atoms with van der Waals surface area (Å²) in [6.45, 7) is 11.2. The van der Waals surface area contributed by atoms with Crippen LogP contribution in [-0.2, 0) is 25.7 Å². The summed E-state index contributed by atoms with van der Waals surface area (Å²) >= 11 is 0. The molecule has 0 aliphatic heterocycles. The minimum Gasteiger partial charge on any atom is -0.366 e. The molecule has 0 saturated heterocycles. The molecule has 2 aromatic carbocycles. The van der Waals surface area contributed by atoms with E-state index in [-0.39, 0.29) is 18.7 Å². The SMILES string of the molecule is CC(C)C.CCC.C[C@H](NC(=O)CNC(=O)c1ccccc1)C(=O)NCC(=O)C(=O)NCc1cccc(C(N)=O)c1. The van der Waals surface area contributed by atoms with E-state index in [2.05, 4.69) is 55.9 Å². The third kappa shape index (κ3) is 16.9. The fourth-order valence-corrected chi connectivity index (χ4v) is 2.73. The van der Waals surface area contributed by atoms with Crippen molar-refractivity contribution in [1.29, 1.82) is 0 Å². The quantitative estimate of drug-likeness (QED) is 0.259. The Labute approximate surface area is 242 Å². The van der Waals surface area contributed by atoms with Crippen LogP contribution in [0.15, 0.2) is 54.6 Å². The highest BCUT2D eigenvalue weighted by molar-refractivity contribution is 6.37. The van der Waals surface area contributed by atoms with Gasteiger partial charge in [-0.1, -0.05) is 71.4 Å². The summed E-state index contributed by atoms with van der Waals surface area (Å²) in [7, 11) is 0. The van der Waals surface area contributed by atoms with Crippen LogP contribution < -0.4 is 27.0 Å². The molecule has 0 unspecified atom stereocenters. The van der Waals surface area contributed by atoms with Crippen molar-refractivity contribution >= 4 is 35.3 Å². The monoisotopic (exact) mass is 569 g/mol. The Hall–Kier alpha value is -4.54. The zero-order valence-corrected chi connectivity index (χ0v) is 24.7. The van der Waals surface area contributed by atoms with Crippen molar-refractivity contribution < 1.29 is 28.8 Å². The number of benzene rings is 2. The Bertz CT molecular complexity index is 1150. The van der Waals surface area contributed by atoms with Crippen LogP contribution >= 0.6 is 0 Å². The van der Waals surface area contributed by atoms with E-state index in [9.17, 15) is 28.8 Å². The van der Waals surface area contributed by atoms with E-state index in [4.69, 9.17) is 5.73 Å². The van der Waals surface area contributed by atoms with Gasteiger partial charge in [0.15, 0.2) is 0 Å². The third-order valence-corrected chi connectivity index (χ3v) is 4.56. The van der Waals surface area contributed by atoms with Gasteiger partial charge in [-0.15, -0.1) is 0 Å². The summed E-state index contributed by atoms with van der Waals surface area (Å²) in [5.41, 5.74) is 6.42. The van der Waals surface area contributed by atoms with Crippen LogP contribution in [0.3, 0.4) is 0 Å². The first-order valence-electron chi connectivity index (χ1n) is 13.4. The fourth-order valence-electron chi connectivity index (χ4n) is 2.73.